The van der Waals surface area contributed by atoms with Crippen molar-refractivity contribution >= 4 is 17.7 Å². The first-order valence-electron chi connectivity index (χ1n) is 8.87. The smallest absolute Gasteiger partial charge is 0.230 e. The van der Waals surface area contributed by atoms with Crippen LogP contribution >= 0.6 is 11.8 Å². The quantitative estimate of drug-likeness (QED) is 0.733. The zero-order valence-electron chi connectivity index (χ0n) is 15.0. The van der Waals surface area contributed by atoms with E-state index in [9.17, 15) is 4.79 Å². The normalized spacial score (nSPS) is 15.4. The van der Waals surface area contributed by atoms with Gasteiger partial charge in [0.15, 0.2) is 0 Å². The Hall–Kier alpha value is -1.89. The number of rotatable bonds is 8. The Bertz CT molecular complexity index is 709. The van der Waals surface area contributed by atoms with Crippen LogP contribution in [0.4, 0.5) is 0 Å². The lowest BCUT2D eigenvalue weighted by molar-refractivity contribution is -0.119. The molecule has 1 heterocycles. The molecule has 134 valence electrons. The van der Waals surface area contributed by atoms with Crippen LogP contribution in [0, 0.1) is 5.92 Å². The Morgan fingerprint density at radius 2 is 2.04 bits per heavy atom. The van der Waals surface area contributed by atoms with Crippen molar-refractivity contribution in [3.05, 3.63) is 35.4 Å². The van der Waals surface area contributed by atoms with Crippen LogP contribution in [0.3, 0.4) is 0 Å². The van der Waals surface area contributed by atoms with E-state index in [1.807, 2.05) is 4.68 Å². The van der Waals surface area contributed by atoms with Crippen LogP contribution in [0.25, 0.3) is 0 Å². The second kappa shape index (κ2) is 7.99. The topological polar surface area (TPSA) is 72.7 Å². The van der Waals surface area contributed by atoms with E-state index in [0.717, 1.165) is 30.0 Å². The summed E-state index contributed by atoms with van der Waals surface area (Å²) in [6.07, 6.45) is 3.26. The fourth-order valence-electron chi connectivity index (χ4n) is 2.77. The van der Waals surface area contributed by atoms with Gasteiger partial charge in [0.25, 0.3) is 0 Å². The fourth-order valence-corrected chi connectivity index (χ4v) is 3.53. The molecule has 1 aromatic carbocycles. The van der Waals surface area contributed by atoms with Gasteiger partial charge < -0.3 is 5.32 Å². The highest BCUT2D eigenvalue weighted by Gasteiger charge is 2.28. The van der Waals surface area contributed by atoms with Crippen molar-refractivity contribution in [3.63, 3.8) is 0 Å². The molecular formula is C18H25N5OS. The van der Waals surface area contributed by atoms with Gasteiger partial charge in [-0.05, 0) is 46.7 Å². The molecule has 1 aromatic heterocycles. The van der Waals surface area contributed by atoms with Crippen LogP contribution in [0.1, 0.15) is 56.8 Å². The molecule has 1 aliphatic carbocycles. The average Bonchev–Trinajstić information content (AvgIpc) is 3.35. The third-order valence-corrected chi connectivity index (χ3v) is 5.35. The predicted octanol–water partition coefficient (Wildman–Crippen LogP) is 3.18. The summed E-state index contributed by atoms with van der Waals surface area (Å²) >= 11 is 1.40. The Morgan fingerprint density at radius 3 is 2.64 bits per heavy atom. The van der Waals surface area contributed by atoms with Crippen molar-refractivity contribution < 1.29 is 4.79 Å². The summed E-state index contributed by atoms with van der Waals surface area (Å²) < 4.78 is 1.83. The number of tetrazole rings is 1. The van der Waals surface area contributed by atoms with E-state index in [4.69, 9.17) is 0 Å². The van der Waals surface area contributed by atoms with Crippen molar-refractivity contribution in [2.24, 2.45) is 5.92 Å². The number of hydrogen-bond acceptors (Lipinski definition) is 5. The summed E-state index contributed by atoms with van der Waals surface area (Å²) in [4.78, 5) is 12.4. The van der Waals surface area contributed by atoms with Crippen LogP contribution in [0.5, 0.6) is 0 Å². The van der Waals surface area contributed by atoms with Gasteiger partial charge in [0.2, 0.25) is 11.1 Å². The van der Waals surface area contributed by atoms with E-state index >= 15 is 0 Å². The number of thioether (sulfide) groups is 1. The summed E-state index contributed by atoms with van der Waals surface area (Å²) in [6.45, 7) is 6.39. The highest BCUT2D eigenvalue weighted by Crippen LogP contribution is 2.36. The van der Waals surface area contributed by atoms with E-state index in [1.165, 1.54) is 17.3 Å². The minimum Gasteiger partial charge on any atom is -0.348 e. The predicted molar refractivity (Wildman–Crippen MR) is 98.4 cm³/mol. The van der Waals surface area contributed by atoms with E-state index in [1.54, 1.807) is 0 Å². The number of nitrogens with zero attached hydrogens (tertiary/aromatic N) is 4. The van der Waals surface area contributed by atoms with Crippen LogP contribution in [-0.4, -0.2) is 31.9 Å². The van der Waals surface area contributed by atoms with Gasteiger partial charge >= 0.3 is 0 Å². The first-order valence-corrected chi connectivity index (χ1v) is 9.86. The monoisotopic (exact) mass is 359 g/mol. The molecule has 1 saturated carbocycles. The minimum atomic E-state index is 0.00798. The average molecular weight is 359 g/mol. The lowest BCUT2D eigenvalue weighted by Crippen LogP contribution is -2.33. The van der Waals surface area contributed by atoms with Gasteiger partial charge in [-0.3, -0.25) is 4.79 Å². The molecule has 7 heteroatoms. The van der Waals surface area contributed by atoms with Gasteiger partial charge in [0, 0.05) is 0 Å². The van der Waals surface area contributed by atoms with Gasteiger partial charge in [-0.2, -0.15) is 0 Å². The van der Waals surface area contributed by atoms with Crippen LogP contribution in [0.2, 0.25) is 0 Å². The van der Waals surface area contributed by atoms with Crippen LogP contribution in [-0.2, 0) is 11.2 Å². The van der Waals surface area contributed by atoms with Gasteiger partial charge in [-0.1, -0.05) is 56.8 Å². The third kappa shape index (κ3) is 4.60. The standard InChI is InChI=1S/C18H25N5OS/c1-4-13-5-7-14(8-6-13)17(12(2)3)19-16(24)11-25-18-20-21-22-23(18)15-9-10-15/h5-8,12,15,17H,4,9-11H2,1-3H3,(H,19,24). The summed E-state index contributed by atoms with van der Waals surface area (Å²) in [5.74, 6) is 0.649. The molecule has 1 unspecified atom stereocenters. The molecule has 6 nitrogen and oxygen atoms in total. The SMILES string of the molecule is CCc1ccc(C(NC(=O)CSc2nnnn2C2CC2)C(C)C)cc1. The van der Waals surface area contributed by atoms with Crippen molar-refractivity contribution in [1.82, 2.24) is 25.5 Å². The fraction of sp³-hybridized carbons (Fsp3) is 0.556. The van der Waals surface area contributed by atoms with Gasteiger partial charge in [0.05, 0.1) is 17.8 Å². The number of carbonyl (C=O) groups excluding carboxylic acids is 1. The molecule has 1 atom stereocenters. The van der Waals surface area contributed by atoms with Crippen LogP contribution < -0.4 is 5.32 Å². The lowest BCUT2D eigenvalue weighted by atomic mass is 9.95. The molecule has 0 aliphatic heterocycles. The summed E-state index contributed by atoms with van der Waals surface area (Å²) in [5, 5.41) is 15.6. The Kier molecular flexibility index (Phi) is 5.73. The molecule has 1 aliphatic rings. The van der Waals surface area contributed by atoms with E-state index in [2.05, 4.69) is 65.9 Å². The van der Waals surface area contributed by atoms with E-state index in [0.29, 0.717) is 17.7 Å². The first kappa shape index (κ1) is 17.9. The van der Waals surface area contributed by atoms with Gasteiger partial charge in [0.1, 0.15) is 0 Å². The number of aromatic nitrogens is 4. The minimum absolute atomic E-state index is 0.00798. The lowest BCUT2D eigenvalue weighted by Gasteiger charge is -2.23. The largest absolute Gasteiger partial charge is 0.348 e. The van der Waals surface area contributed by atoms with Crippen molar-refractivity contribution in [2.75, 3.05) is 5.75 Å². The molecule has 2 aromatic rings. The number of benzene rings is 1. The third-order valence-electron chi connectivity index (χ3n) is 4.42. The molecule has 0 radical (unpaired) electrons. The van der Waals surface area contributed by atoms with Gasteiger partial charge in [-0.25, -0.2) is 4.68 Å². The van der Waals surface area contributed by atoms with E-state index < -0.39 is 0 Å². The molecule has 0 bridgehead atoms. The van der Waals surface area contributed by atoms with Crippen molar-refractivity contribution in [2.45, 2.75) is 57.3 Å². The molecule has 0 saturated heterocycles. The second-order valence-electron chi connectivity index (χ2n) is 6.81. The zero-order valence-corrected chi connectivity index (χ0v) is 15.8. The van der Waals surface area contributed by atoms with E-state index in [-0.39, 0.29) is 11.9 Å². The number of hydrogen-bond donors (Lipinski definition) is 1. The van der Waals surface area contributed by atoms with Gasteiger partial charge in [-0.15, -0.1) is 5.10 Å². The maximum Gasteiger partial charge on any atom is 0.230 e. The number of carbonyl (C=O) groups is 1. The summed E-state index contributed by atoms with van der Waals surface area (Å²) in [7, 11) is 0. The molecule has 1 fully saturated rings. The molecule has 3 rings (SSSR count). The molecule has 25 heavy (non-hydrogen) atoms. The Labute approximate surface area is 152 Å². The number of nitrogens with one attached hydrogen (secondary N) is 1. The second-order valence-corrected chi connectivity index (χ2v) is 7.75. The maximum atomic E-state index is 12.4. The molecule has 1 N–H and O–H groups in total. The molecule has 1 amide bonds. The summed E-state index contributed by atoms with van der Waals surface area (Å²) in [5.41, 5.74) is 2.45. The highest BCUT2D eigenvalue weighted by atomic mass is 32.2. The number of amides is 1. The molecule has 0 spiro atoms. The summed E-state index contributed by atoms with van der Waals surface area (Å²) in [6, 6.07) is 8.93. The maximum absolute atomic E-state index is 12.4. The first-order chi connectivity index (χ1) is 12.1. The Balaban J connectivity index is 1.59. The van der Waals surface area contributed by atoms with Crippen molar-refractivity contribution in [1.29, 1.82) is 0 Å². The molecular weight excluding hydrogens is 334 g/mol. The zero-order chi connectivity index (χ0) is 17.8. The number of aryl methyl sites for hydroxylation is 1. The highest BCUT2D eigenvalue weighted by molar-refractivity contribution is 7.99. The van der Waals surface area contributed by atoms with Crippen molar-refractivity contribution in [3.8, 4) is 0 Å². The van der Waals surface area contributed by atoms with Crippen LogP contribution in [0.15, 0.2) is 29.4 Å². The Morgan fingerprint density at radius 1 is 1.32 bits per heavy atom.